The third-order valence-electron chi connectivity index (χ3n) is 4.88. The van der Waals surface area contributed by atoms with Gasteiger partial charge in [-0.1, -0.05) is 23.4 Å². The number of pyridine rings is 1. The van der Waals surface area contributed by atoms with Gasteiger partial charge < -0.3 is 15.5 Å². The maximum atomic E-state index is 12.4. The number of thioether (sulfide) groups is 1. The Bertz CT molecular complexity index is 1000. The molecule has 31 heavy (non-hydrogen) atoms. The number of nitrogens with one attached hydrogen (secondary N) is 2. The summed E-state index contributed by atoms with van der Waals surface area (Å²) in [5.41, 5.74) is 2.61. The lowest BCUT2D eigenvalue weighted by atomic mass is 10.2. The molecule has 3 heterocycles. The Morgan fingerprint density at radius 2 is 2.03 bits per heavy atom. The van der Waals surface area contributed by atoms with Gasteiger partial charge >= 0.3 is 0 Å². The van der Waals surface area contributed by atoms with Crippen molar-refractivity contribution < 1.29 is 9.59 Å². The van der Waals surface area contributed by atoms with Crippen molar-refractivity contribution in [2.75, 3.05) is 23.3 Å². The van der Waals surface area contributed by atoms with Crippen molar-refractivity contribution in [2.24, 2.45) is 10.2 Å². The van der Waals surface area contributed by atoms with Gasteiger partial charge in [0.05, 0.1) is 6.21 Å². The lowest BCUT2D eigenvalue weighted by molar-refractivity contribution is -0.122. The van der Waals surface area contributed by atoms with Crippen LogP contribution in [0.3, 0.4) is 0 Å². The number of carbonyl (C=O) groups excluding carboxylic acids is 2. The van der Waals surface area contributed by atoms with E-state index in [1.165, 1.54) is 30.8 Å². The average Bonchev–Trinajstić information content (AvgIpc) is 3.41. The standard InChI is InChI=1S/C21H21ClN6O2S/c22-18-8-3-14(12-23-18)13-24-27-21-26-20(30)17(31-21)11-19(29)25-15-4-6-16(7-5-15)28-9-1-2-10-28/h3-8,12-13,17H,1-2,9-11H2,(H,25,29)(H,26,27,30)/b24-13+. The molecule has 160 valence electrons. The van der Waals surface area contributed by atoms with Gasteiger partial charge in [-0.15, -0.1) is 5.10 Å². The predicted octanol–water partition coefficient (Wildman–Crippen LogP) is 3.29. The molecule has 0 radical (unpaired) electrons. The minimum Gasteiger partial charge on any atom is -0.372 e. The van der Waals surface area contributed by atoms with Crippen LogP contribution in [0.1, 0.15) is 24.8 Å². The number of carbonyl (C=O) groups is 2. The molecular formula is C21H21ClN6O2S. The molecule has 2 N–H and O–H groups in total. The van der Waals surface area contributed by atoms with Gasteiger partial charge in [0.25, 0.3) is 0 Å². The molecule has 4 rings (SSSR count). The number of amidine groups is 1. The van der Waals surface area contributed by atoms with Gasteiger partial charge in [0, 0.05) is 42.6 Å². The molecule has 0 aliphatic carbocycles. The molecule has 2 saturated heterocycles. The largest absolute Gasteiger partial charge is 0.372 e. The third-order valence-corrected chi connectivity index (χ3v) is 6.17. The van der Waals surface area contributed by atoms with E-state index in [9.17, 15) is 9.59 Å². The van der Waals surface area contributed by atoms with E-state index < -0.39 is 5.25 Å². The molecule has 0 saturated carbocycles. The number of hydrogen-bond acceptors (Lipinski definition) is 7. The smallest absolute Gasteiger partial charge is 0.240 e. The van der Waals surface area contributed by atoms with Crippen LogP contribution >= 0.6 is 23.4 Å². The van der Waals surface area contributed by atoms with E-state index in [0.29, 0.717) is 16.0 Å². The molecular weight excluding hydrogens is 436 g/mol. The summed E-state index contributed by atoms with van der Waals surface area (Å²) in [4.78, 5) is 30.8. The molecule has 2 aliphatic heterocycles. The number of benzene rings is 1. The molecule has 0 spiro atoms. The maximum absolute atomic E-state index is 12.4. The number of hydrogen-bond donors (Lipinski definition) is 2. The van der Waals surface area contributed by atoms with Crippen molar-refractivity contribution in [2.45, 2.75) is 24.5 Å². The van der Waals surface area contributed by atoms with Gasteiger partial charge in [-0.2, -0.15) is 5.10 Å². The summed E-state index contributed by atoms with van der Waals surface area (Å²) in [6, 6.07) is 11.2. The van der Waals surface area contributed by atoms with Crippen LogP contribution in [0, 0.1) is 0 Å². The topological polar surface area (TPSA) is 99.0 Å². The SMILES string of the molecule is O=C(CC1S/C(=N/N=C/c2ccc(Cl)nc2)NC1=O)Nc1ccc(N2CCCC2)cc1. The van der Waals surface area contributed by atoms with Gasteiger partial charge in [0.15, 0.2) is 5.17 Å². The Morgan fingerprint density at radius 3 is 2.74 bits per heavy atom. The third kappa shape index (κ3) is 5.83. The van der Waals surface area contributed by atoms with E-state index >= 15 is 0 Å². The van der Waals surface area contributed by atoms with E-state index in [-0.39, 0.29) is 18.2 Å². The zero-order chi connectivity index (χ0) is 21.6. The first kappa shape index (κ1) is 21.3. The predicted molar refractivity (Wildman–Crippen MR) is 125 cm³/mol. The van der Waals surface area contributed by atoms with Gasteiger partial charge in [-0.05, 0) is 49.2 Å². The summed E-state index contributed by atoms with van der Waals surface area (Å²) in [6.07, 6.45) is 5.56. The van der Waals surface area contributed by atoms with E-state index in [2.05, 4.69) is 30.7 Å². The van der Waals surface area contributed by atoms with E-state index in [4.69, 9.17) is 11.6 Å². The van der Waals surface area contributed by atoms with Gasteiger partial charge in [0.1, 0.15) is 10.4 Å². The van der Waals surface area contributed by atoms with Gasteiger partial charge in [-0.3, -0.25) is 9.59 Å². The first-order valence-corrected chi connectivity index (χ1v) is 11.2. The number of nitrogens with zero attached hydrogens (tertiary/aromatic N) is 4. The second-order valence-corrected chi connectivity index (χ2v) is 8.73. The van der Waals surface area contributed by atoms with E-state index in [0.717, 1.165) is 24.3 Å². The Labute approximate surface area is 189 Å². The summed E-state index contributed by atoms with van der Waals surface area (Å²) in [7, 11) is 0. The second-order valence-electron chi connectivity index (χ2n) is 7.15. The average molecular weight is 457 g/mol. The lowest BCUT2D eigenvalue weighted by Gasteiger charge is -2.17. The molecule has 2 fully saturated rings. The highest BCUT2D eigenvalue weighted by atomic mass is 35.5. The molecule has 0 bridgehead atoms. The minimum absolute atomic E-state index is 0.0498. The van der Waals surface area contributed by atoms with Gasteiger partial charge in [0.2, 0.25) is 11.8 Å². The van der Waals surface area contributed by atoms with Crippen LogP contribution < -0.4 is 15.5 Å². The molecule has 2 aromatic rings. The highest BCUT2D eigenvalue weighted by molar-refractivity contribution is 8.15. The van der Waals surface area contributed by atoms with Gasteiger partial charge in [-0.25, -0.2) is 4.98 Å². The summed E-state index contributed by atoms with van der Waals surface area (Å²) >= 11 is 6.92. The summed E-state index contributed by atoms with van der Waals surface area (Å²) < 4.78 is 0. The summed E-state index contributed by atoms with van der Waals surface area (Å²) in [5, 5.41) is 13.7. The number of anilines is 2. The van der Waals surface area contributed by atoms with Crippen LogP contribution in [0.2, 0.25) is 5.15 Å². The monoisotopic (exact) mass is 456 g/mol. The van der Waals surface area contributed by atoms with Crippen LogP contribution in [0.15, 0.2) is 52.8 Å². The molecule has 1 atom stereocenters. The van der Waals surface area contributed by atoms with Crippen molar-refractivity contribution in [1.29, 1.82) is 0 Å². The van der Waals surface area contributed by atoms with Crippen LogP contribution in [0.5, 0.6) is 0 Å². The first-order valence-electron chi connectivity index (χ1n) is 9.92. The summed E-state index contributed by atoms with van der Waals surface area (Å²) in [6.45, 7) is 2.15. The van der Waals surface area contributed by atoms with Crippen molar-refractivity contribution in [3.63, 3.8) is 0 Å². The van der Waals surface area contributed by atoms with Crippen molar-refractivity contribution >= 4 is 57.9 Å². The van der Waals surface area contributed by atoms with E-state index in [1.54, 1.807) is 18.3 Å². The fourth-order valence-electron chi connectivity index (χ4n) is 3.31. The molecule has 1 aromatic carbocycles. The molecule has 2 aliphatic rings. The van der Waals surface area contributed by atoms with Crippen molar-refractivity contribution in [3.05, 3.63) is 53.3 Å². The number of amides is 2. The van der Waals surface area contributed by atoms with Crippen molar-refractivity contribution in [3.8, 4) is 0 Å². The minimum atomic E-state index is -0.546. The molecule has 2 amide bonds. The molecule has 8 nitrogen and oxygen atoms in total. The zero-order valence-corrected chi connectivity index (χ0v) is 18.2. The quantitative estimate of drug-likeness (QED) is 0.395. The highest BCUT2D eigenvalue weighted by Crippen LogP contribution is 2.24. The fourth-order valence-corrected chi connectivity index (χ4v) is 4.35. The van der Waals surface area contributed by atoms with E-state index in [1.807, 2.05) is 24.3 Å². The molecule has 10 heteroatoms. The number of rotatable bonds is 6. The first-order chi connectivity index (χ1) is 15.1. The Balaban J connectivity index is 1.28. The van der Waals surface area contributed by atoms with Crippen LogP contribution in [0.4, 0.5) is 11.4 Å². The van der Waals surface area contributed by atoms with Crippen molar-refractivity contribution in [1.82, 2.24) is 10.3 Å². The maximum Gasteiger partial charge on any atom is 0.240 e. The fraction of sp³-hybridized carbons (Fsp3) is 0.286. The molecule has 1 aromatic heterocycles. The van der Waals surface area contributed by atoms with Crippen LogP contribution in [0.25, 0.3) is 0 Å². The Morgan fingerprint density at radius 1 is 1.26 bits per heavy atom. The lowest BCUT2D eigenvalue weighted by Crippen LogP contribution is -2.28. The normalized spacial score (nSPS) is 19.9. The zero-order valence-electron chi connectivity index (χ0n) is 16.6. The highest BCUT2D eigenvalue weighted by Gasteiger charge is 2.32. The summed E-state index contributed by atoms with van der Waals surface area (Å²) in [5.74, 6) is -0.481. The van der Waals surface area contributed by atoms with Crippen LogP contribution in [-0.4, -0.2) is 46.5 Å². The number of halogens is 1. The van der Waals surface area contributed by atoms with Crippen LogP contribution in [-0.2, 0) is 9.59 Å². The number of aromatic nitrogens is 1. The molecule has 1 unspecified atom stereocenters. The second kappa shape index (κ2) is 9.93. The Hall–Kier alpha value is -2.91. The Kier molecular flexibility index (Phi) is 6.83.